The summed E-state index contributed by atoms with van der Waals surface area (Å²) < 4.78 is 27.5. The molecule has 0 aromatic heterocycles. The van der Waals surface area contributed by atoms with E-state index in [1.54, 1.807) is 6.08 Å². The van der Waals surface area contributed by atoms with Crippen molar-refractivity contribution in [1.82, 2.24) is 0 Å². The van der Waals surface area contributed by atoms with Crippen LogP contribution in [0.5, 0.6) is 0 Å². The molecular formula is C16H24O10. The van der Waals surface area contributed by atoms with E-state index in [0.717, 1.165) is 0 Å². The molecule has 11 atom stereocenters. The molecule has 3 fully saturated rings. The van der Waals surface area contributed by atoms with E-state index in [4.69, 9.17) is 23.7 Å². The molecule has 0 unspecified atom stereocenters. The van der Waals surface area contributed by atoms with Gasteiger partial charge in [0.05, 0.1) is 31.5 Å². The summed E-state index contributed by atoms with van der Waals surface area (Å²) in [5.41, 5.74) is -1.21. The zero-order valence-electron chi connectivity index (χ0n) is 14.1. The molecule has 148 valence electrons. The SMILES string of the molecule is CO[C@H]1[C@@H]2C=CO[C@@H](O[C@@H]3O[C@H](CO)[C@@H](O)[C@H](O)[C@H]3O)[C@@H]2[C@]2(O)CO[C@H]12. The summed E-state index contributed by atoms with van der Waals surface area (Å²) in [6.45, 7) is -0.460. The molecule has 3 aliphatic heterocycles. The van der Waals surface area contributed by atoms with Gasteiger partial charge in [-0.05, 0) is 6.08 Å². The van der Waals surface area contributed by atoms with Gasteiger partial charge in [0, 0.05) is 13.0 Å². The van der Waals surface area contributed by atoms with Crippen LogP contribution in [0.2, 0.25) is 0 Å². The van der Waals surface area contributed by atoms with Crippen molar-refractivity contribution in [3.63, 3.8) is 0 Å². The summed E-state index contributed by atoms with van der Waals surface area (Å²) in [5, 5.41) is 50.2. The maximum absolute atomic E-state index is 11.0. The highest BCUT2D eigenvalue weighted by molar-refractivity contribution is 5.20. The maximum Gasteiger partial charge on any atom is 0.208 e. The molecule has 5 N–H and O–H groups in total. The third-order valence-corrected chi connectivity index (χ3v) is 5.85. The minimum Gasteiger partial charge on any atom is -0.472 e. The zero-order valence-corrected chi connectivity index (χ0v) is 14.1. The average molecular weight is 376 g/mol. The lowest BCUT2D eigenvalue weighted by Crippen LogP contribution is -2.64. The molecule has 0 radical (unpaired) electrons. The van der Waals surface area contributed by atoms with Gasteiger partial charge in [0.2, 0.25) is 6.29 Å². The lowest BCUT2D eigenvalue weighted by molar-refractivity contribution is -0.355. The standard InChI is InChI=1S/C16H24O10/c1-22-12-6-2-3-23-14(8(6)16(21)5-24-13(12)16)26-15-11(20)10(19)9(18)7(4-17)25-15/h2-3,6-15,17-21H,4-5H2,1H3/t6-,7-,8-,9-,10+,11-,12+,13-,14+,15+,16-/m1/s1. The summed E-state index contributed by atoms with van der Waals surface area (Å²) in [6.07, 6.45) is -5.73. The van der Waals surface area contributed by atoms with Crippen molar-refractivity contribution in [2.75, 3.05) is 20.3 Å². The number of hydrogen-bond donors (Lipinski definition) is 5. The van der Waals surface area contributed by atoms with Gasteiger partial charge >= 0.3 is 0 Å². The number of rotatable bonds is 4. The van der Waals surface area contributed by atoms with Crippen LogP contribution >= 0.6 is 0 Å². The van der Waals surface area contributed by atoms with E-state index in [1.165, 1.54) is 13.4 Å². The van der Waals surface area contributed by atoms with Crippen molar-refractivity contribution in [3.05, 3.63) is 12.3 Å². The summed E-state index contributed by atoms with van der Waals surface area (Å²) >= 11 is 0. The van der Waals surface area contributed by atoms with Crippen LogP contribution in [0.25, 0.3) is 0 Å². The van der Waals surface area contributed by atoms with Crippen molar-refractivity contribution in [2.24, 2.45) is 11.8 Å². The highest BCUT2D eigenvalue weighted by Gasteiger charge is 2.69. The largest absolute Gasteiger partial charge is 0.472 e. The minimum absolute atomic E-state index is 0.102. The summed E-state index contributed by atoms with van der Waals surface area (Å²) in [4.78, 5) is 0. The Hall–Kier alpha value is -0.820. The van der Waals surface area contributed by atoms with Gasteiger partial charge < -0.3 is 49.2 Å². The van der Waals surface area contributed by atoms with Crippen LogP contribution in [0.1, 0.15) is 0 Å². The second-order valence-electron chi connectivity index (χ2n) is 7.19. The number of aliphatic hydroxyl groups is 5. The number of fused-ring (bicyclic) bond motifs is 3. The zero-order chi connectivity index (χ0) is 18.6. The van der Waals surface area contributed by atoms with E-state index in [1.807, 2.05) is 0 Å². The van der Waals surface area contributed by atoms with Gasteiger partial charge in [-0.25, -0.2) is 0 Å². The Morgan fingerprint density at radius 3 is 2.54 bits per heavy atom. The van der Waals surface area contributed by atoms with Gasteiger partial charge in [0.1, 0.15) is 36.1 Å². The lowest BCUT2D eigenvalue weighted by Gasteiger charge is -2.47. The van der Waals surface area contributed by atoms with Crippen LogP contribution in [-0.4, -0.2) is 101 Å². The summed E-state index contributed by atoms with van der Waals surface area (Å²) in [6, 6.07) is 0. The highest BCUT2D eigenvalue weighted by atomic mass is 16.8. The van der Waals surface area contributed by atoms with Gasteiger partial charge in [-0.1, -0.05) is 0 Å². The monoisotopic (exact) mass is 376 g/mol. The van der Waals surface area contributed by atoms with Gasteiger partial charge in [-0.15, -0.1) is 0 Å². The highest BCUT2D eigenvalue weighted by Crippen LogP contribution is 2.53. The first kappa shape index (κ1) is 18.5. The average Bonchev–Trinajstić information content (AvgIpc) is 2.80. The number of aliphatic hydroxyl groups excluding tert-OH is 4. The predicted molar refractivity (Wildman–Crippen MR) is 81.3 cm³/mol. The van der Waals surface area contributed by atoms with Crippen LogP contribution in [0, 0.1) is 11.8 Å². The fraction of sp³-hybridized carbons (Fsp3) is 0.875. The fourth-order valence-electron chi connectivity index (χ4n) is 4.41. The normalized spacial score (nSPS) is 55.6. The Morgan fingerprint density at radius 2 is 1.92 bits per heavy atom. The Labute approximate surface area is 149 Å². The molecule has 10 heteroatoms. The van der Waals surface area contributed by atoms with E-state index in [9.17, 15) is 25.5 Å². The van der Waals surface area contributed by atoms with Gasteiger partial charge in [-0.2, -0.15) is 0 Å². The molecule has 4 aliphatic rings. The Kier molecular flexibility index (Phi) is 4.75. The fourth-order valence-corrected chi connectivity index (χ4v) is 4.41. The van der Waals surface area contributed by atoms with Crippen molar-refractivity contribution >= 4 is 0 Å². The van der Waals surface area contributed by atoms with Crippen molar-refractivity contribution in [1.29, 1.82) is 0 Å². The maximum atomic E-state index is 11.0. The molecular weight excluding hydrogens is 352 g/mol. The second kappa shape index (κ2) is 6.66. The van der Waals surface area contributed by atoms with Crippen LogP contribution < -0.4 is 0 Å². The molecule has 0 bridgehead atoms. The van der Waals surface area contributed by atoms with E-state index >= 15 is 0 Å². The Balaban J connectivity index is 1.54. The Morgan fingerprint density at radius 1 is 1.15 bits per heavy atom. The molecule has 3 heterocycles. The minimum atomic E-state index is -1.56. The van der Waals surface area contributed by atoms with Gasteiger partial charge in [0.25, 0.3) is 0 Å². The van der Waals surface area contributed by atoms with Crippen molar-refractivity contribution < 1.29 is 49.2 Å². The second-order valence-corrected chi connectivity index (χ2v) is 7.19. The predicted octanol–water partition coefficient (Wildman–Crippen LogP) is -2.94. The number of ether oxygens (including phenoxy) is 5. The third kappa shape index (κ3) is 2.53. The van der Waals surface area contributed by atoms with E-state index in [2.05, 4.69) is 0 Å². The molecule has 2 saturated heterocycles. The van der Waals surface area contributed by atoms with E-state index < -0.39 is 61.2 Å². The first-order chi connectivity index (χ1) is 12.4. The van der Waals surface area contributed by atoms with Crippen molar-refractivity contribution in [3.8, 4) is 0 Å². The first-order valence-corrected chi connectivity index (χ1v) is 8.57. The van der Waals surface area contributed by atoms with Crippen LogP contribution in [0.3, 0.4) is 0 Å². The smallest absolute Gasteiger partial charge is 0.208 e. The molecule has 0 amide bonds. The van der Waals surface area contributed by atoms with Gasteiger partial charge in [0.15, 0.2) is 6.29 Å². The van der Waals surface area contributed by atoms with Crippen LogP contribution in [0.4, 0.5) is 0 Å². The molecule has 26 heavy (non-hydrogen) atoms. The van der Waals surface area contributed by atoms with Crippen LogP contribution in [-0.2, 0) is 23.7 Å². The lowest BCUT2D eigenvalue weighted by atomic mass is 9.82. The van der Waals surface area contributed by atoms with Crippen LogP contribution in [0.15, 0.2) is 12.3 Å². The number of methoxy groups -OCH3 is 1. The topological polar surface area (TPSA) is 147 Å². The molecule has 1 saturated carbocycles. The van der Waals surface area contributed by atoms with E-state index in [-0.39, 0.29) is 18.6 Å². The molecule has 4 rings (SSSR count). The molecule has 0 aromatic rings. The van der Waals surface area contributed by atoms with E-state index in [0.29, 0.717) is 0 Å². The quantitative estimate of drug-likeness (QED) is 0.345. The summed E-state index contributed by atoms with van der Waals surface area (Å²) in [7, 11) is 1.53. The Bertz CT molecular complexity index is 555. The van der Waals surface area contributed by atoms with Crippen molar-refractivity contribution in [2.45, 2.75) is 54.8 Å². The molecule has 0 aromatic carbocycles. The molecule has 0 spiro atoms. The molecule has 10 nitrogen and oxygen atoms in total. The van der Waals surface area contributed by atoms with Gasteiger partial charge in [-0.3, -0.25) is 0 Å². The first-order valence-electron chi connectivity index (χ1n) is 8.57. The molecule has 1 aliphatic carbocycles. The summed E-state index contributed by atoms with van der Waals surface area (Å²) in [5.74, 6) is -0.773. The third-order valence-electron chi connectivity index (χ3n) is 5.85. The number of hydrogen-bond acceptors (Lipinski definition) is 10.